The van der Waals surface area contributed by atoms with Crippen LogP contribution >= 0.6 is 0 Å². The fourth-order valence-corrected chi connectivity index (χ4v) is 2.72. The number of nitrogens with zero attached hydrogens (tertiary/aromatic N) is 4. The molecule has 0 spiro atoms. The Morgan fingerprint density at radius 3 is 2.33 bits per heavy atom. The zero-order valence-corrected chi connectivity index (χ0v) is 13.1. The van der Waals surface area contributed by atoms with Crippen LogP contribution in [0.1, 0.15) is 16.2 Å². The van der Waals surface area contributed by atoms with E-state index in [4.69, 9.17) is 0 Å². The summed E-state index contributed by atoms with van der Waals surface area (Å²) < 4.78 is 27.5. The quantitative estimate of drug-likeness (QED) is 0.877. The molecule has 0 atom stereocenters. The van der Waals surface area contributed by atoms with Crippen molar-refractivity contribution in [1.82, 2.24) is 24.6 Å². The summed E-state index contributed by atoms with van der Waals surface area (Å²) >= 11 is 0. The van der Waals surface area contributed by atoms with Crippen LogP contribution in [0.25, 0.3) is 0 Å². The first kappa shape index (κ1) is 16.3. The predicted octanol–water partition coefficient (Wildman–Crippen LogP) is 0.345. The van der Waals surface area contributed by atoms with E-state index in [0.717, 1.165) is 10.7 Å². The number of halogens is 2. The van der Waals surface area contributed by atoms with E-state index in [0.29, 0.717) is 38.3 Å². The molecule has 0 radical (unpaired) electrons. The van der Waals surface area contributed by atoms with E-state index in [1.54, 1.807) is 4.90 Å². The van der Waals surface area contributed by atoms with E-state index in [9.17, 15) is 18.4 Å². The molecule has 0 aliphatic carbocycles. The molecule has 1 fully saturated rings. The van der Waals surface area contributed by atoms with Gasteiger partial charge in [0.15, 0.2) is 0 Å². The summed E-state index contributed by atoms with van der Waals surface area (Å²) in [6.07, 6.45) is 0. The maximum absolute atomic E-state index is 13.2. The molecular weight excluding hydrogens is 320 g/mol. The number of aromatic nitrogens is 3. The van der Waals surface area contributed by atoms with Crippen LogP contribution < -0.4 is 5.69 Å². The fourth-order valence-electron chi connectivity index (χ4n) is 2.72. The van der Waals surface area contributed by atoms with Crippen molar-refractivity contribution in [3.05, 3.63) is 51.7 Å². The number of benzene rings is 1. The van der Waals surface area contributed by atoms with Crippen molar-refractivity contribution in [3.63, 3.8) is 0 Å². The molecule has 1 aromatic heterocycles. The Morgan fingerprint density at radius 2 is 1.79 bits per heavy atom. The van der Waals surface area contributed by atoms with Gasteiger partial charge in [0.2, 0.25) is 5.82 Å². The van der Waals surface area contributed by atoms with Gasteiger partial charge in [0.05, 0.1) is 0 Å². The molecule has 1 aliphatic rings. The number of carbonyl (C=O) groups is 1. The Hall–Kier alpha value is -2.55. The Labute approximate surface area is 136 Å². The summed E-state index contributed by atoms with van der Waals surface area (Å²) in [5.41, 5.74) is 0.117. The van der Waals surface area contributed by atoms with E-state index in [2.05, 4.69) is 10.1 Å². The van der Waals surface area contributed by atoms with Crippen LogP contribution in [-0.4, -0.2) is 56.7 Å². The van der Waals surface area contributed by atoms with Crippen molar-refractivity contribution in [1.29, 1.82) is 0 Å². The Balaban J connectivity index is 1.59. The maximum Gasteiger partial charge on any atom is 0.343 e. The molecular formula is C15H17F2N5O2. The van der Waals surface area contributed by atoms with E-state index in [1.165, 1.54) is 19.2 Å². The number of nitrogens with one attached hydrogen (secondary N) is 1. The van der Waals surface area contributed by atoms with Crippen molar-refractivity contribution in [2.24, 2.45) is 7.05 Å². The van der Waals surface area contributed by atoms with Crippen LogP contribution in [-0.2, 0) is 13.6 Å². The van der Waals surface area contributed by atoms with Gasteiger partial charge in [0, 0.05) is 45.8 Å². The van der Waals surface area contributed by atoms with Crippen LogP contribution in [0.2, 0.25) is 0 Å². The molecule has 1 saturated heterocycles. The molecule has 1 amide bonds. The molecule has 24 heavy (non-hydrogen) atoms. The lowest BCUT2D eigenvalue weighted by atomic mass is 10.2. The lowest BCUT2D eigenvalue weighted by molar-refractivity contribution is 0.0616. The third kappa shape index (κ3) is 3.51. The van der Waals surface area contributed by atoms with Gasteiger partial charge in [0.25, 0.3) is 5.91 Å². The fraction of sp³-hybridized carbons (Fsp3) is 0.400. The third-order valence-corrected chi connectivity index (χ3v) is 3.96. The number of rotatable bonds is 3. The highest BCUT2D eigenvalue weighted by Crippen LogP contribution is 2.13. The number of aryl methyl sites for hydroxylation is 1. The van der Waals surface area contributed by atoms with E-state index in [1.807, 2.05) is 4.90 Å². The van der Waals surface area contributed by atoms with Crippen molar-refractivity contribution in [2.45, 2.75) is 6.54 Å². The summed E-state index contributed by atoms with van der Waals surface area (Å²) in [6.45, 7) is 2.46. The highest BCUT2D eigenvalue weighted by atomic mass is 19.1. The molecule has 2 heterocycles. The van der Waals surface area contributed by atoms with Gasteiger partial charge in [-0.05, 0) is 17.7 Å². The van der Waals surface area contributed by atoms with Gasteiger partial charge in [-0.1, -0.05) is 0 Å². The molecule has 7 nitrogen and oxygen atoms in total. The topological polar surface area (TPSA) is 74.2 Å². The van der Waals surface area contributed by atoms with Crippen molar-refractivity contribution in [2.75, 3.05) is 26.2 Å². The lowest BCUT2D eigenvalue weighted by Gasteiger charge is -2.34. The standard InChI is InChI=1S/C15H17F2N5O2/c1-20-15(24)18-13(19-20)14(23)22-4-2-21(3-5-22)9-10-6-11(16)8-12(17)7-10/h6-8H,2-5,9H2,1H3,(H,18,19,24). The molecule has 0 bridgehead atoms. The van der Waals surface area contributed by atoms with Gasteiger partial charge < -0.3 is 4.90 Å². The van der Waals surface area contributed by atoms with E-state index >= 15 is 0 Å². The third-order valence-electron chi connectivity index (χ3n) is 3.96. The van der Waals surface area contributed by atoms with Gasteiger partial charge in [-0.3, -0.25) is 14.7 Å². The molecule has 1 aliphatic heterocycles. The Bertz CT molecular complexity index is 788. The maximum atomic E-state index is 13.2. The predicted molar refractivity (Wildman–Crippen MR) is 81.4 cm³/mol. The first-order valence-corrected chi connectivity index (χ1v) is 7.52. The number of amides is 1. The second kappa shape index (κ2) is 6.52. The summed E-state index contributed by atoms with van der Waals surface area (Å²) in [5.74, 6) is -1.51. The molecule has 1 aromatic carbocycles. The number of hydrogen-bond donors (Lipinski definition) is 1. The van der Waals surface area contributed by atoms with Crippen molar-refractivity contribution in [3.8, 4) is 0 Å². The lowest BCUT2D eigenvalue weighted by Crippen LogP contribution is -2.48. The molecule has 3 rings (SSSR count). The van der Waals surface area contributed by atoms with Crippen LogP contribution in [0, 0.1) is 11.6 Å². The van der Waals surface area contributed by atoms with Crippen LogP contribution in [0.15, 0.2) is 23.0 Å². The average Bonchev–Trinajstić information content (AvgIpc) is 2.86. The monoisotopic (exact) mass is 337 g/mol. The first-order valence-electron chi connectivity index (χ1n) is 7.52. The van der Waals surface area contributed by atoms with E-state index in [-0.39, 0.29) is 11.7 Å². The number of hydrogen-bond acceptors (Lipinski definition) is 4. The van der Waals surface area contributed by atoms with Gasteiger partial charge in [-0.2, -0.15) is 0 Å². The zero-order chi connectivity index (χ0) is 17.3. The molecule has 0 unspecified atom stereocenters. The number of piperazine rings is 1. The number of carbonyl (C=O) groups excluding carboxylic acids is 1. The highest BCUT2D eigenvalue weighted by molar-refractivity contribution is 5.90. The largest absolute Gasteiger partial charge is 0.343 e. The minimum absolute atomic E-state index is 0.0168. The van der Waals surface area contributed by atoms with E-state index < -0.39 is 17.3 Å². The normalized spacial score (nSPS) is 15.7. The molecule has 0 saturated carbocycles. The van der Waals surface area contributed by atoms with Gasteiger partial charge in [-0.15, -0.1) is 5.10 Å². The highest BCUT2D eigenvalue weighted by Gasteiger charge is 2.24. The Morgan fingerprint density at radius 1 is 1.17 bits per heavy atom. The zero-order valence-electron chi connectivity index (χ0n) is 13.1. The van der Waals surface area contributed by atoms with Crippen LogP contribution in [0.5, 0.6) is 0 Å². The summed E-state index contributed by atoms with van der Waals surface area (Å²) in [5, 5.41) is 3.85. The summed E-state index contributed by atoms with van der Waals surface area (Å²) in [6, 6.07) is 3.45. The minimum atomic E-state index is -0.599. The number of H-pyrrole nitrogens is 1. The molecule has 1 N–H and O–H groups in total. The molecule has 2 aromatic rings. The van der Waals surface area contributed by atoms with Gasteiger partial charge in [0.1, 0.15) is 11.6 Å². The van der Waals surface area contributed by atoms with Crippen molar-refractivity contribution >= 4 is 5.91 Å². The number of aromatic amines is 1. The van der Waals surface area contributed by atoms with Crippen LogP contribution in [0.3, 0.4) is 0 Å². The SMILES string of the molecule is Cn1nc(C(=O)N2CCN(Cc3cc(F)cc(F)c3)CC2)[nH]c1=O. The minimum Gasteiger partial charge on any atom is -0.333 e. The van der Waals surface area contributed by atoms with Crippen molar-refractivity contribution < 1.29 is 13.6 Å². The summed E-state index contributed by atoms with van der Waals surface area (Å²) in [7, 11) is 1.46. The Kier molecular flexibility index (Phi) is 4.43. The smallest absolute Gasteiger partial charge is 0.333 e. The van der Waals surface area contributed by atoms with Gasteiger partial charge in [-0.25, -0.2) is 18.3 Å². The summed E-state index contributed by atoms with van der Waals surface area (Å²) in [4.78, 5) is 29.6. The molecule has 9 heteroatoms. The first-order chi connectivity index (χ1) is 11.4. The second-order valence-electron chi connectivity index (χ2n) is 5.75. The van der Waals surface area contributed by atoms with Crippen LogP contribution in [0.4, 0.5) is 8.78 Å². The average molecular weight is 337 g/mol. The second-order valence-corrected chi connectivity index (χ2v) is 5.75. The van der Waals surface area contributed by atoms with Gasteiger partial charge >= 0.3 is 5.69 Å². The molecule has 128 valence electrons.